The number of ether oxygens (including phenoxy) is 1. The lowest BCUT2D eigenvalue weighted by molar-refractivity contribution is -0.122. The zero-order valence-electron chi connectivity index (χ0n) is 27.2. The molecule has 2 aliphatic heterocycles. The molecular weight excluding hydrogens is 709 g/mol. The van der Waals surface area contributed by atoms with Crippen molar-refractivity contribution in [2.75, 3.05) is 41.1 Å². The van der Waals surface area contributed by atoms with Crippen molar-refractivity contribution in [3.05, 3.63) is 75.7 Å². The summed E-state index contributed by atoms with van der Waals surface area (Å²) in [6.45, 7) is 1.07. The second-order valence-electron chi connectivity index (χ2n) is 12.9. The van der Waals surface area contributed by atoms with Gasteiger partial charge in [-0.05, 0) is 55.2 Å². The normalized spacial score (nSPS) is 20.3. The van der Waals surface area contributed by atoms with Crippen molar-refractivity contribution in [3.63, 3.8) is 0 Å². The number of amides is 1. The summed E-state index contributed by atoms with van der Waals surface area (Å²) in [5.74, 6) is 1.67. The Morgan fingerprint density at radius 1 is 0.960 bits per heavy atom. The van der Waals surface area contributed by atoms with E-state index in [4.69, 9.17) is 37.5 Å². The summed E-state index contributed by atoms with van der Waals surface area (Å²) >= 11 is 15.0. The number of para-hydroxylation sites is 2. The van der Waals surface area contributed by atoms with Gasteiger partial charge in [0.25, 0.3) is 0 Å². The average Bonchev–Trinajstić information content (AvgIpc) is 3.67. The van der Waals surface area contributed by atoms with Crippen molar-refractivity contribution in [1.29, 1.82) is 0 Å². The SMILES string of the molecule is O=C(CC[C@H](O)[C@@H](O)[C@H](O)[C@H](O)CO)c1ccc(COc2cc(Cl)c(CN3CSC[C@H]3C(=O)N3CCN(C4CC4)c4ccccc43)cc2Cl)o1. The highest BCUT2D eigenvalue weighted by molar-refractivity contribution is 7.99. The lowest BCUT2D eigenvalue weighted by atomic mass is 9.99. The molecule has 270 valence electrons. The summed E-state index contributed by atoms with van der Waals surface area (Å²) in [7, 11) is 0. The van der Waals surface area contributed by atoms with E-state index in [1.807, 2.05) is 23.1 Å². The molecular formula is C35H41Cl2N3O9S. The van der Waals surface area contributed by atoms with Crippen LogP contribution < -0.4 is 14.5 Å². The number of benzene rings is 2. The largest absolute Gasteiger partial charge is 0.484 e. The highest BCUT2D eigenvalue weighted by Gasteiger charge is 2.40. The highest BCUT2D eigenvalue weighted by atomic mass is 35.5. The third kappa shape index (κ3) is 8.27. The molecule has 3 aromatic rings. The fourth-order valence-electron chi connectivity index (χ4n) is 6.33. The van der Waals surface area contributed by atoms with Crippen molar-refractivity contribution in [1.82, 2.24) is 4.90 Å². The number of anilines is 2. The Morgan fingerprint density at radius 3 is 2.44 bits per heavy atom. The summed E-state index contributed by atoms with van der Waals surface area (Å²) in [4.78, 5) is 33.1. The van der Waals surface area contributed by atoms with Crippen LogP contribution >= 0.6 is 35.0 Å². The number of aliphatic hydroxyl groups excluding tert-OH is 5. The van der Waals surface area contributed by atoms with E-state index in [1.54, 1.807) is 30.0 Å². The third-order valence-corrected chi connectivity index (χ3v) is 11.0. The molecule has 0 spiro atoms. The van der Waals surface area contributed by atoms with Gasteiger partial charge < -0.3 is 44.5 Å². The standard InChI is InChI=1S/C35H41Cl2N3O9S/c36-23-14-32(48-17-22-7-10-31(49-22)28(42)8-9-29(43)33(45)34(46)30(44)16-41)24(37)13-20(23)15-38-19-50-18-27(38)35(47)40-12-11-39(21-5-6-21)25-3-1-2-4-26(25)40/h1-4,7,10,13-14,21,27,29-30,33-34,41,43-46H,5-6,8-9,11-12,15-19H2/t27-,29-,30+,33+,34+/m0/s1. The molecule has 5 N–H and O–H groups in total. The summed E-state index contributed by atoms with van der Waals surface area (Å²) in [6.07, 6.45) is -4.68. The first-order valence-electron chi connectivity index (χ1n) is 16.6. The number of rotatable bonds is 15. The smallest absolute Gasteiger partial charge is 0.245 e. The van der Waals surface area contributed by atoms with Gasteiger partial charge in [-0.2, -0.15) is 0 Å². The second kappa shape index (κ2) is 16.2. The first-order chi connectivity index (χ1) is 24.0. The first kappa shape index (κ1) is 36.9. The van der Waals surface area contributed by atoms with Crippen LogP contribution in [0.15, 0.2) is 52.9 Å². The number of furan rings is 1. The van der Waals surface area contributed by atoms with Gasteiger partial charge >= 0.3 is 0 Å². The number of hydrogen-bond acceptors (Lipinski definition) is 12. The predicted molar refractivity (Wildman–Crippen MR) is 190 cm³/mol. The maximum Gasteiger partial charge on any atom is 0.245 e. The molecule has 1 amide bonds. The van der Waals surface area contributed by atoms with Crippen LogP contribution in [0.5, 0.6) is 5.75 Å². The number of carbonyl (C=O) groups excluding carboxylic acids is 2. The number of fused-ring (bicyclic) bond motifs is 1. The van der Waals surface area contributed by atoms with Crippen molar-refractivity contribution in [3.8, 4) is 5.75 Å². The van der Waals surface area contributed by atoms with Crippen molar-refractivity contribution in [2.24, 2.45) is 0 Å². The van der Waals surface area contributed by atoms with Gasteiger partial charge in [-0.15, -0.1) is 11.8 Å². The Morgan fingerprint density at radius 2 is 1.70 bits per heavy atom. The Bertz CT molecular complexity index is 1670. The fourth-order valence-corrected chi connectivity index (χ4v) is 7.97. The molecule has 3 heterocycles. The first-order valence-corrected chi connectivity index (χ1v) is 18.5. The van der Waals surface area contributed by atoms with Crippen LogP contribution in [0.25, 0.3) is 0 Å². The summed E-state index contributed by atoms with van der Waals surface area (Å²) < 4.78 is 11.5. The molecule has 6 rings (SSSR count). The van der Waals surface area contributed by atoms with E-state index >= 15 is 0 Å². The topological polar surface area (TPSA) is 167 Å². The molecule has 2 aromatic carbocycles. The number of hydrogen-bond donors (Lipinski definition) is 5. The summed E-state index contributed by atoms with van der Waals surface area (Å²) in [6, 6.07) is 14.8. The van der Waals surface area contributed by atoms with Gasteiger partial charge in [-0.25, -0.2) is 0 Å². The van der Waals surface area contributed by atoms with Crippen LogP contribution in [0, 0.1) is 0 Å². The van der Waals surface area contributed by atoms with E-state index in [0.717, 1.165) is 23.5 Å². The van der Waals surface area contributed by atoms with Gasteiger partial charge in [0, 0.05) is 54.8 Å². The highest BCUT2D eigenvalue weighted by Crippen LogP contribution is 2.41. The third-order valence-electron chi connectivity index (χ3n) is 9.33. The van der Waals surface area contributed by atoms with Crippen molar-refractivity contribution >= 4 is 58.0 Å². The zero-order chi connectivity index (χ0) is 35.5. The average molecular weight is 751 g/mol. The van der Waals surface area contributed by atoms with Gasteiger partial charge in [0.1, 0.15) is 36.4 Å². The van der Waals surface area contributed by atoms with Crippen LogP contribution in [-0.4, -0.2) is 110 Å². The maximum absolute atomic E-state index is 14.0. The Labute approximate surface area is 304 Å². The lowest BCUT2D eigenvalue weighted by Crippen LogP contribution is -2.52. The lowest BCUT2D eigenvalue weighted by Gasteiger charge is -2.39. The molecule has 50 heavy (non-hydrogen) atoms. The van der Waals surface area contributed by atoms with E-state index in [9.17, 15) is 30.0 Å². The quantitative estimate of drug-likeness (QED) is 0.144. The molecule has 0 unspecified atom stereocenters. The van der Waals surface area contributed by atoms with E-state index in [2.05, 4.69) is 15.9 Å². The Hall–Kier alpha value is -2.85. The van der Waals surface area contributed by atoms with Crippen LogP contribution in [0.1, 0.15) is 47.6 Å². The number of thioether (sulfide) groups is 1. The maximum atomic E-state index is 14.0. The van der Waals surface area contributed by atoms with Crippen molar-refractivity contribution < 1.29 is 44.3 Å². The van der Waals surface area contributed by atoms with Gasteiger partial charge in [0.05, 0.1) is 35.2 Å². The number of aliphatic hydroxyl groups is 5. The molecule has 1 aliphatic carbocycles. The van der Waals surface area contributed by atoms with Gasteiger partial charge in [-0.3, -0.25) is 14.5 Å². The molecule has 1 aromatic heterocycles. The zero-order valence-corrected chi connectivity index (χ0v) is 29.6. The summed E-state index contributed by atoms with van der Waals surface area (Å²) in [5, 5.41) is 48.9. The van der Waals surface area contributed by atoms with E-state index in [0.29, 0.717) is 52.3 Å². The van der Waals surface area contributed by atoms with E-state index in [-0.39, 0.29) is 37.2 Å². The minimum atomic E-state index is -1.77. The Kier molecular flexibility index (Phi) is 12.0. The van der Waals surface area contributed by atoms with Crippen LogP contribution in [0.4, 0.5) is 11.4 Å². The molecule has 0 radical (unpaired) electrons. The molecule has 0 bridgehead atoms. The summed E-state index contributed by atoms with van der Waals surface area (Å²) in [5.41, 5.74) is 2.86. The molecule has 1 saturated carbocycles. The molecule has 12 nitrogen and oxygen atoms in total. The molecule has 1 saturated heterocycles. The van der Waals surface area contributed by atoms with Crippen LogP contribution in [0.2, 0.25) is 10.0 Å². The van der Waals surface area contributed by atoms with Gasteiger partial charge in [0.15, 0.2) is 11.5 Å². The predicted octanol–water partition coefficient (Wildman–Crippen LogP) is 3.45. The van der Waals surface area contributed by atoms with Crippen LogP contribution in [-0.2, 0) is 17.9 Å². The molecule has 3 aliphatic rings. The monoisotopic (exact) mass is 749 g/mol. The fraction of sp³-hybridized carbons (Fsp3) is 0.486. The molecule has 5 atom stereocenters. The minimum Gasteiger partial charge on any atom is -0.484 e. The molecule has 2 fully saturated rings. The van der Waals surface area contributed by atoms with Gasteiger partial charge in [0.2, 0.25) is 5.91 Å². The number of Topliss-reactive ketones (excluding diaryl/α,β-unsaturated/α-hetero) is 1. The number of nitrogens with zero attached hydrogens (tertiary/aromatic N) is 3. The van der Waals surface area contributed by atoms with E-state index in [1.165, 1.54) is 18.9 Å². The van der Waals surface area contributed by atoms with E-state index < -0.39 is 36.8 Å². The second-order valence-corrected chi connectivity index (χ2v) is 14.7. The number of halogens is 2. The molecule has 15 heteroatoms. The Balaban J connectivity index is 1.03. The number of ketones is 1. The number of carbonyl (C=O) groups is 2. The van der Waals surface area contributed by atoms with Crippen molar-refractivity contribution in [2.45, 2.75) is 75.3 Å². The minimum absolute atomic E-state index is 0.0153. The van der Waals surface area contributed by atoms with Gasteiger partial charge in [-0.1, -0.05) is 35.3 Å². The van der Waals surface area contributed by atoms with Crippen LogP contribution in [0.3, 0.4) is 0 Å².